The minimum Gasteiger partial charge on any atom is -0.466 e. The zero-order valence-corrected chi connectivity index (χ0v) is 52.0. The molecule has 2 unspecified atom stereocenters. The first-order chi connectivity index (χ1) is 38.0. The summed E-state index contributed by atoms with van der Waals surface area (Å²) in [5, 5.41) is 23.3. The fraction of sp³-hybridized carbons (Fsp3) is 0.887. The van der Waals surface area contributed by atoms with Crippen molar-refractivity contribution in [2.24, 2.45) is 0 Å². The number of unbranched alkanes of at least 4 members (excludes halogenated alkanes) is 50. The second-order valence-corrected chi connectivity index (χ2v) is 23.9. The Bertz CT molecular complexity index is 1250. The van der Waals surface area contributed by atoms with Crippen LogP contribution in [0.25, 0.3) is 0 Å². The summed E-state index contributed by atoms with van der Waals surface area (Å²) >= 11 is 0. The average molecular weight is 1080 g/mol. The number of allylic oxidation sites excluding steroid dienone is 5. The number of aliphatic hydroxyl groups is 2. The third-order valence-electron chi connectivity index (χ3n) is 16.1. The van der Waals surface area contributed by atoms with Crippen molar-refractivity contribution in [1.82, 2.24) is 5.32 Å². The van der Waals surface area contributed by atoms with Crippen molar-refractivity contribution in [2.75, 3.05) is 13.2 Å². The molecule has 0 radical (unpaired) electrons. The van der Waals surface area contributed by atoms with Crippen LogP contribution >= 0.6 is 0 Å². The molecular weight excluding hydrogens is 947 g/mol. The third kappa shape index (κ3) is 63.1. The highest BCUT2D eigenvalue weighted by Crippen LogP contribution is 2.18. The van der Waals surface area contributed by atoms with Gasteiger partial charge in [-0.2, -0.15) is 0 Å². The average Bonchev–Trinajstić information content (AvgIpc) is 3.43. The number of amides is 1. The van der Waals surface area contributed by atoms with E-state index in [1.807, 2.05) is 6.08 Å². The van der Waals surface area contributed by atoms with Gasteiger partial charge in [0.05, 0.1) is 25.4 Å². The van der Waals surface area contributed by atoms with Gasteiger partial charge in [0.25, 0.3) is 0 Å². The van der Waals surface area contributed by atoms with Gasteiger partial charge in [0.2, 0.25) is 5.91 Å². The molecule has 0 saturated heterocycles. The first-order valence-electron chi connectivity index (χ1n) is 34.8. The molecule has 0 aromatic rings. The zero-order valence-electron chi connectivity index (χ0n) is 52.0. The number of carbonyl (C=O) groups is 2. The van der Waals surface area contributed by atoms with Crippen molar-refractivity contribution in [2.45, 2.75) is 392 Å². The third-order valence-corrected chi connectivity index (χ3v) is 16.1. The SMILES string of the molecule is CCCCC/C=C\CCCCCCCC(=O)OCCCCCCCCCCCCCC/C=C\CCCCCCCCCCC(=O)NC(CO)C(O)/C=C/CCCCCCCCCCCCCCCCCCCCCCCC. The van der Waals surface area contributed by atoms with Gasteiger partial charge in [-0.15, -0.1) is 0 Å². The van der Waals surface area contributed by atoms with E-state index in [1.165, 1.54) is 308 Å². The maximum Gasteiger partial charge on any atom is 0.305 e. The first-order valence-corrected chi connectivity index (χ1v) is 34.8. The fourth-order valence-corrected chi connectivity index (χ4v) is 10.8. The molecule has 0 saturated carbocycles. The molecule has 0 aliphatic heterocycles. The van der Waals surface area contributed by atoms with Gasteiger partial charge in [-0.1, -0.05) is 320 Å². The fourth-order valence-electron chi connectivity index (χ4n) is 10.8. The summed E-state index contributed by atoms with van der Waals surface area (Å²) in [5.41, 5.74) is 0. The minimum absolute atomic E-state index is 0.00231. The summed E-state index contributed by atoms with van der Waals surface area (Å²) in [5.74, 6) is -0.0665. The molecular formula is C71H135NO5. The molecule has 0 aromatic carbocycles. The summed E-state index contributed by atoms with van der Waals surface area (Å²) in [6.07, 6.45) is 85.0. The smallest absolute Gasteiger partial charge is 0.305 e. The molecule has 77 heavy (non-hydrogen) atoms. The molecule has 3 N–H and O–H groups in total. The van der Waals surface area contributed by atoms with Crippen LogP contribution in [0.15, 0.2) is 36.5 Å². The summed E-state index contributed by atoms with van der Waals surface area (Å²) in [6, 6.07) is -0.633. The molecule has 0 aliphatic carbocycles. The summed E-state index contributed by atoms with van der Waals surface area (Å²) in [7, 11) is 0. The van der Waals surface area contributed by atoms with Crippen LogP contribution < -0.4 is 5.32 Å². The number of aliphatic hydroxyl groups excluding tert-OH is 2. The van der Waals surface area contributed by atoms with Crippen molar-refractivity contribution in [3.8, 4) is 0 Å². The van der Waals surface area contributed by atoms with Gasteiger partial charge in [-0.05, 0) is 83.5 Å². The van der Waals surface area contributed by atoms with Gasteiger partial charge in [0.15, 0.2) is 0 Å². The first kappa shape index (κ1) is 75.1. The monoisotopic (exact) mass is 1080 g/mol. The molecule has 6 nitrogen and oxygen atoms in total. The normalized spacial score (nSPS) is 12.7. The Morgan fingerprint density at radius 1 is 0.351 bits per heavy atom. The molecule has 0 bridgehead atoms. The van der Waals surface area contributed by atoms with Gasteiger partial charge in [0.1, 0.15) is 0 Å². The quantitative estimate of drug-likeness (QED) is 0.0320. The van der Waals surface area contributed by atoms with Crippen molar-refractivity contribution < 1.29 is 24.5 Å². The van der Waals surface area contributed by atoms with Crippen LogP contribution in [0.5, 0.6) is 0 Å². The molecule has 0 aromatic heterocycles. The van der Waals surface area contributed by atoms with E-state index < -0.39 is 12.1 Å². The van der Waals surface area contributed by atoms with Crippen LogP contribution in [-0.2, 0) is 14.3 Å². The van der Waals surface area contributed by atoms with Crippen molar-refractivity contribution in [1.29, 1.82) is 0 Å². The maximum atomic E-state index is 12.5. The number of esters is 1. The Hall–Kier alpha value is -1.92. The largest absolute Gasteiger partial charge is 0.466 e. The minimum atomic E-state index is -0.849. The lowest BCUT2D eigenvalue weighted by Crippen LogP contribution is -2.45. The second kappa shape index (κ2) is 66.6. The van der Waals surface area contributed by atoms with E-state index in [4.69, 9.17) is 4.74 Å². The predicted molar refractivity (Wildman–Crippen MR) is 338 cm³/mol. The standard InChI is InChI=1S/C71H135NO5/c1-3-5-7-9-11-13-15-17-18-19-20-21-22-25-28-31-34-37-40-43-47-51-55-59-63-69(74)68(67-73)72-70(75)64-60-56-52-48-44-41-38-35-32-29-26-23-24-27-30-33-36-39-42-46-50-54-58-62-66-77-71(76)65-61-57-53-49-45-16-14-12-10-8-6-4-2/h12,14,26,29,59,63,68-69,73-74H,3-11,13,15-25,27-28,30-58,60-62,64-67H2,1-2H3,(H,72,75)/b14-12-,29-26-,63-59+. The van der Waals surface area contributed by atoms with E-state index in [2.05, 4.69) is 43.5 Å². The number of rotatable bonds is 65. The molecule has 1 amide bonds. The van der Waals surface area contributed by atoms with Crippen LogP contribution in [0.1, 0.15) is 380 Å². The maximum absolute atomic E-state index is 12.5. The number of hydrogen-bond donors (Lipinski definition) is 3. The molecule has 0 aliphatic rings. The lowest BCUT2D eigenvalue weighted by molar-refractivity contribution is -0.143. The second-order valence-electron chi connectivity index (χ2n) is 23.9. The van der Waals surface area contributed by atoms with Gasteiger partial charge >= 0.3 is 5.97 Å². The van der Waals surface area contributed by atoms with Crippen LogP contribution in [0, 0.1) is 0 Å². The summed E-state index contributed by atoms with van der Waals surface area (Å²) in [6.45, 7) is 4.91. The Balaban J connectivity index is 3.44. The highest BCUT2D eigenvalue weighted by Gasteiger charge is 2.18. The highest BCUT2D eigenvalue weighted by molar-refractivity contribution is 5.76. The van der Waals surface area contributed by atoms with Gasteiger partial charge in [-0.25, -0.2) is 0 Å². The van der Waals surface area contributed by atoms with Gasteiger partial charge in [-0.3, -0.25) is 9.59 Å². The molecule has 0 fully saturated rings. The Labute approximate surface area is 481 Å². The van der Waals surface area contributed by atoms with Crippen LogP contribution in [0.3, 0.4) is 0 Å². The van der Waals surface area contributed by atoms with Crippen molar-refractivity contribution in [3.05, 3.63) is 36.5 Å². The van der Waals surface area contributed by atoms with Crippen molar-refractivity contribution in [3.63, 3.8) is 0 Å². The van der Waals surface area contributed by atoms with E-state index >= 15 is 0 Å². The molecule has 0 rings (SSSR count). The van der Waals surface area contributed by atoms with Crippen LogP contribution in [0.4, 0.5) is 0 Å². The molecule has 0 spiro atoms. The lowest BCUT2D eigenvalue weighted by atomic mass is 10.0. The zero-order chi connectivity index (χ0) is 55.7. The van der Waals surface area contributed by atoms with Crippen LogP contribution in [-0.4, -0.2) is 47.4 Å². The van der Waals surface area contributed by atoms with Gasteiger partial charge in [0, 0.05) is 12.8 Å². The Morgan fingerprint density at radius 2 is 0.610 bits per heavy atom. The van der Waals surface area contributed by atoms with E-state index in [0.717, 1.165) is 44.9 Å². The Kier molecular flexibility index (Phi) is 64.9. The highest BCUT2D eigenvalue weighted by atomic mass is 16.5. The van der Waals surface area contributed by atoms with Crippen LogP contribution in [0.2, 0.25) is 0 Å². The van der Waals surface area contributed by atoms with E-state index in [9.17, 15) is 19.8 Å². The Morgan fingerprint density at radius 3 is 0.948 bits per heavy atom. The van der Waals surface area contributed by atoms with E-state index in [0.29, 0.717) is 19.4 Å². The molecule has 6 heteroatoms. The number of hydrogen-bond acceptors (Lipinski definition) is 5. The lowest BCUT2D eigenvalue weighted by Gasteiger charge is -2.20. The summed E-state index contributed by atoms with van der Waals surface area (Å²) in [4.78, 5) is 24.5. The van der Waals surface area contributed by atoms with Crippen molar-refractivity contribution >= 4 is 11.9 Å². The number of ether oxygens (including phenoxy) is 1. The topological polar surface area (TPSA) is 95.9 Å². The molecule has 454 valence electrons. The van der Waals surface area contributed by atoms with E-state index in [1.54, 1.807) is 6.08 Å². The number of carbonyl (C=O) groups excluding carboxylic acids is 2. The number of nitrogens with one attached hydrogen (secondary N) is 1. The molecule has 0 heterocycles. The predicted octanol–water partition coefficient (Wildman–Crippen LogP) is 22.3. The summed E-state index contributed by atoms with van der Waals surface area (Å²) < 4.78 is 5.47. The van der Waals surface area contributed by atoms with E-state index in [-0.39, 0.29) is 18.5 Å². The van der Waals surface area contributed by atoms with Gasteiger partial charge < -0.3 is 20.3 Å². The molecule has 2 atom stereocenters.